The number of hydrogen-bond acceptors (Lipinski definition) is 3. The van der Waals surface area contributed by atoms with Gasteiger partial charge in [-0.15, -0.1) is 0 Å². The predicted octanol–water partition coefficient (Wildman–Crippen LogP) is 1.60. The molecule has 1 atom stereocenters. The summed E-state index contributed by atoms with van der Waals surface area (Å²) in [6.07, 6.45) is 2.30. The van der Waals surface area contributed by atoms with Crippen LogP contribution in [-0.2, 0) is 11.2 Å². The Bertz CT molecular complexity index is 551. The van der Waals surface area contributed by atoms with Crippen LogP contribution >= 0.6 is 0 Å². The molecule has 5 heteroatoms. The Labute approximate surface area is 104 Å². The van der Waals surface area contributed by atoms with Crippen molar-refractivity contribution in [3.8, 4) is 5.75 Å². The molecule has 2 aromatic rings. The van der Waals surface area contributed by atoms with Gasteiger partial charge in [-0.1, -0.05) is 18.2 Å². The highest BCUT2D eigenvalue weighted by atomic mass is 16.5. The van der Waals surface area contributed by atoms with Crippen LogP contribution < -0.4 is 10.1 Å². The number of anilines is 1. The number of ether oxygens (including phenoxy) is 1. The standard InChI is InChI=1S/C13H13N3O2/c17-13(15-12-5-6-14-16-12)10-7-9-3-1-2-4-11(9)18-8-10/h1-6,10H,7-8H2,(H2,14,15,16,17)/t10-/m0/s1. The highest BCUT2D eigenvalue weighted by Crippen LogP contribution is 2.27. The van der Waals surface area contributed by atoms with E-state index >= 15 is 0 Å². The Morgan fingerprint density at radius 1 is 1.39 bits per heavy atom. The van der Waals surface area contributed by atoms with E-state index in [1.54, 1.807) is 12.3 Å². The molecule has 1 aliphatic heterocycles. The molecule has 18 heavy (non-hydrogen) atoms. The quantitative estimate of drug-likeness (QED) is 0.841. The number of hydrogen-bond donors (Lipinski definition) is 2. The number of nitrogens with one attached hydrogen (secondary N) is 2. The summed E-state index contributed by atoms with van der Waals surface area (Å²) in [7, 11) is 0. The second kappa shape index (κ2) is 4.52. The first kappa shape index (κ1) is 10.8. The number of para-hydroxylation sites is 1. The van der Waals surface area contributed by atoms with Crippen molar-refractivity contribution in [3.63, 3.8) is 0 Å². The summed E-state index contributed by atoms with van der Waals surface area (Å²) >= 11 is 0. The molecule has 3 rings (SSSR count). The Kier molecular flexibility index (Phi) is 2.72. The van der Waals surface area contributed by atoms with E-state index in [4.69, 9.17) is 4.74 Å². The number of nitrogens with zero attached hydrogens (tertiary/aromatic N) is 1. The van der Waals surface area contributed by atoms with Crippen LogP contribution in [0, 0.1) is 5.92 Å². The van der Waals surface area contributed by atoms with Crippen LogP contribution in [0.2, 0.25) is 0 Å². The van der Waals surface area contributed by atoms with Crippen LogP contribution in [0.15, 0.2) is 36.5 Å². The minimum absolute atomic E-state index is 0.0475. The lowest BCUT2D eigenvalue weighted by atomic mass is 9.96. The first-order valence-electron chi connectivity index (χ1n) is 5.84. The van der Waals surface area contributed by atoms with Crippen LogP contribution in [0.1, 0.15) is 5.56 Å². The van der Waals surface area contributed by atoms with Gasteiger partial charge in [-0.2, -0.15) is 5.10 Å². The molecule has 0 unspecified atom stereocenters. The molecule has 2 heterocycles. The van der Waals surface area contributed by atoms with Gasteiger partial charge in [0.1, 0.15) is 18.2 Å². The molecular formula is C13H13N3O2. The van der Waals surface area contributed by atoms with Crippen LogP contribution in [0.5, 0.6) is 5.75 Å². The molecule has 1 aliphatic rings. The summed E-state index contributed by atoms with van der Waals surface area (Å²) in [5.74, 6) is 1.28. The molecular weight excluding hydrogens is 230 g/mol. The summed E-state index contributed by atoms with van der Waals surface area (Å²) in [5.41, 5.74) is 1.08. The summed E-state index contributed by atoms with van der Waals surface area (Å²) in [6, 6.07) is 9.53. The fraction of sp³-hybridized carbons (Fsp3) is 0.231. The molecule has 5 nitrogen and oxygen atoms in total. The normalized spacial score (nSPS) is 17.7. The van der Waals surface area contributed by atoms with E-state index in [1.807, 2.05) is 24.3 Å². The second-order valence-corrected chi connectivity index (χ2v) is 4.28. The minimum Gasteiger partial charge on any atom is -0.492 e. The highest BCUT2D eigenvalue weighted by Gasteiger charge is 2.25. The Balaban J connectivity index is 1.70. The van der Waals surface area contributed by atoms with E-state index in [1.165, 1.54) is 0 Å². The molecule has 1 aromatic heterocycles. The largest absolute Gasteiger partial charge is 0.492 e. The maximum Gasteiger partial charge on any atom is 0.232 e. The van der Waals surface area contributed by atoms with Crippen molar-refractivity contribution in [3.05, 3.63) is 42.1 Å². The number of aromatic amines is 1. The van der Waals surface area contributed by atoms with Crippen LogP contribution in [0.3, 0.4) is 0 Å². The molecule has 2 N–H and O–H groups in total. The van der Waals surface area contributed by atoms with Crippen molar-refractivity contribution >= 4 is 11.7 Å². The summed E-state index contributed by atoms with van der Waals surface area (Å²) < 4.78 is 5.59. The van der Waals surface area contributed by atoms with Crippen molar-refractivity contribution in [2.75, 3.05) is 11.9 Å². The molecule has 0 spiro atoms. The smallest absolute Gasteiger partial charge is 0.232 e. The lowest BCUT2D eigenvalue weighted by Gasteiger charge is -2.24. The first-order valence-corrected chi connectivity index (χ1v) is 5.84. The van der Waals surface area contributed by atoms with Gasteiger partial charge in [-0.3, -0.25) is 9.89 Å². The maximum atomic E-state index is 12.0. The SMILES string of the molecule is O=C(Nc1ccn[nH]1)[C@@H]1COc2ccccc2C1. The number of carbonyl (C=O) groups excluding carboxylic acids is 1. The lowest BCUT2D eigenvalue weighted by molar-refractivity contribution is -0.121. The molecule has 1 aromatic carbocycles. The molecule has 0 bridgehead atoms. The fourth-order valence-electron chi connectivity index (χ4n) is 2.06. The van der Waals surface area contributed by atoms with E-state index in [0.29, 0.717) is 18.8 Å². The zero-order valence-corrected chi connectivity index (χ0v) is 9.72. The van der Waals surface area contributed by atoms with E-state index < -0.39 is 0 Å². The van der Waals surface area contributed by atoms with Gasteiger partial charge >= 0.3 is 0 Å². The van der Waals surface area contributed by atoms with Crippen LogP contribution in [0.4, 0.5) is 5.82 Å². The number of carbonyl (C=O) groups is 1. The van der Waals surface area contributed by atoms with Crippen molar-refractivity contribution in [1.82, 2.24) is 10.2 Å². The Morgan fingerprint density at radius 2 is 2.28 bits per heavy atom. The molecule has 0 saturated heterocycles. The number of rotatable bonds is 2. The van der Waals surface area contributed by atoms with Gasteiger partial charge in [0.2, 0.25) is 5.91 Å². The van der Waals surface area contributed by atoms with Gasteiger partial charge < -0.3 is 10.1 Å². The monoisotopic (exact) mass is 243 g/mol. The maximum absolute atomic E-state index is 12.0. The Morgan fingerprint density at radius 3 is 3.11 bits per heavy atom. The highest BCUT2D eigenvalue weighted by molar-refractivity contribution is 5.92. The van der Waals surface area contributed by atoms with Crippen molar-refractivity contribution < 1.29 is 9.53 Å². The average molecular weight is 243 g/mol. The average Bonchev–Trinajstić information content (AvgIpc) is 2.91. The summed E-state index contributed by atoms with van der Waals surface area (Å²) in [5, 5.41) is 9.27. The fourth-order valence-corrected chi connectivity index (χ4v) is 2.06. The molecule has 0 radical (unpaired) electrons. The van der Waals surface area contributed by atoms with Crippen LogP contribution in [0.25, 0.3) is 0 Å². The van der Waals surface area contributed by atoms with Gasteiger partial charge in [0, 0.05) is 6.07 Å². The topological polar surface area (TPSA) is 67.0 Å². The predicted molar refractivity (Wildman–Crippen MR) is 66.3 cm³/mol. The molecule has 0 fully saturated rings. The van der Waals surface area contributed by atoms with Crippen molar-refractivity contribution in [2.45, 2.75) is 6.42 Å². The number of aromatic nitrogens is 2. The summed E-state index contributed by atoms with van der Waals surface area (Å²) in [6.45, 7) is 0.414. The molecule has 0 saturated carbocycles. The zero-order valence-electron chi connectivity index (χ0n) is 9.72. The number of fused-ring (bicyclic) bond motifs is 1. The third-order valence-corrected chi connectivity index (χ3v) is 3.01. The van der Waals surface area contributed by atoms with Gasteiger partial charge in [0.15, 0.2) is 0 Å². The number of benzene rings is 1. The van der Waals surface area contributed by atoms with Gasteiger partial charge in [0.05, 0.1) is 12.1 Å². The lowest BCUT2D eigenvalue weighted by Crippen LogP contribution is -2.32. The minimum atomic E-state index is -0.164. The summed E-state index contributed by atoms with van der Waals surface area (Å²) in [4.78, 5) is 12.0. The van der Waals surface area contributed by atoms with Crippen LogP contribution in [-0.4, -0.2) is 22.7 Å². The molecule has 92 valence electrons. The van der Waals surface area contributed by atoms with E-state index in [2.05, 4.69) is 15.5 Å². The van der Waals surface area contributed by atoms with Crippen molar-refractivity contribution in [2.24, 2.45) is 5.92 Å². The zero-order chi connectivity index (χ0) is 12.4. The Hall–Kier alpha value is -2.30. The van der Waals surface area contributed by atoms with Gasteiger partial charge in [-0.25, -0.2) is 0 Å². The second-order valence-electron chi connectivity index (χ2n) is 4.28. The van der Waals surface area contributed by atoms with E-state index in [-0.39, 0.29) is 11.8 Å². The number of amides is 1. The molecule has 0 aliphatic carbocycles. The molecule has 1 amide bonds. The van der Waals surface area contributed by atoms with Crippen molar-refractivity contribution in [1.29, 1.82) is 0 Å². The van der Waals surface area contributed by atoms with Gasteiger partial charge in [-0.05, 0) is 18.1 Å². The van der Waals surface area contributed by atoms with E-state index in [9.17, 15) is 4.79 Å². The first-order chi connectivity index (χ1) is 8.83. The van der Waals surface area contributed by atoms with Gasteiger partial charge in [0.25, 0.3) is 0 Å². The number of H-pyrrole nitrogens is 1. The third-order valence-electron chi connectivity index (χ3n) is 3.01. The third kappa shape index (κ3) is 2.07. The van der Waals surface area contributed by atoms with E-state index in [0.717, 1.165) is 11.3 Å².